The van der Waals surface area contributed by atoms with Crippen molar-refractivity contribution in [3.05, 3.63) is 48.0 Å². The van der Waals surface area contributed by atoms with Crippen molar-refractivity contribution in [1.29, 1.82) is 5.26 Å². The average Bonchev–Trinajstić information content (AvgIpc) is 3.03. The highest BCUT2D eigenvalue weighted by Crippen LogP contribution is 2.19. The van der Waals surface area contributed by atoms with Gasteiger partial charge in [0.25, 0.3) is 5.82 Å². The summed E-state index contributed by atoms with van der Waals surface area (Å²) in [7, 11) is 1.26. The van der Waals surface area contributed by atoms with Crippen molar-refractivity contribution >= 4 is 16.9 Å². The first-order valence-corrected chi connectivity index (χ1v) is 6.03. The molecule has 0 spiro atoms. The van der Waals surface area contributed by atoms with Gasteiger partial charge >= 0.3 is 5.97 Å². The quantitative estimate of drug-likeness (QED) is 0.659. The third-order valence-electron chi connectivity index (χ3n) is 2.92. The maximum absolute atomic E-state index is 11.4. The number of ether oxygens (including phenoxy) is 1. The standard InChI is InChI=1S/C14H9N5O2/c1-21-14(20)13-16-8-19(18-13)12-6-9(7-15)10-4-2-3-5-11(10)17-12/h2-6,8H,1H3. The normalized spacial score (nSPS) is 10.3. The molecule has 3 aromatic rings. The van der Waals surface area contributed by atoms with Gasteiger partial charge in [-0.25, -0.2) is 19.4 Å². The van der Waals surface area contributed by atoms with Crippen LogP contribution in [0.4, 0.5) is 0 Å². The molecule has 1 aromatic carbocycles. The minimum absolute atomic E-state index is 0.0639. The molecule has 0 atom stereocenters. The van der Waals surface area contributed by atoms with E-state index in [-0.39, 0.29) is 5.82 Å². The number of methoxy groups -OCH3 is 1. The first-order valence-electron chi connectivity index (χ1n) is 6.03. The molecular weight excluding hydrogens is 270 g/mol. The second-order valence-corrected chi connectivity index (χ2v) is 4.16. The van der Waals surface area contributed by atoms with Gasteiger partial charge in [-0.3, -0.25) is 0 Å². The molecule has 0 saturated carbocycles. The molecule has 7 nitrogen and oxygen atoms in total. The van der Waals surface area contributed by atoms with Gasteiger partial charge in [0.2, 0.25) is 0 Å². The highest BCUT2D eigenvalue weighted by Gasteiger charge is 2.13. The van der Waals surface area contributed by atoms with Crippen molar-refractivity contribution in [3.8, 4) is 11.9 Å². The van der Waals surface area contributed by atoms with E-state index in [0.717, 1.165) is 5.39 Å². The Labute approximate surface area is 119 Å². The molecule has 3 rings (SSSR count). The van der Waals surface area contributed by atoms with Crippen LogP contribution in [0.5, 0.6) is 0 Å². The number of nitriles is 1. The summed E-state index contributed by atoms with van der Waals surface area (Å²) in [6.07, 6.45) is 1.35. The van der Waals surface area contributed by atoms with E-state index >= 15 is 0 Å². The Morgan fingerprint density at radius 1 is 1.38 bits per heavy atom. The maximum Gasteiger partial charge on any atom is 0.377 e. The largest absolute Gasteiger partial charge is 0.463 e. The smallest absolute Gasteiger partial charge is 0.377 e. The molecule has 0 amide bonds. The molecule has 2 aromatic heterocycles. The minimum Gasteiger partial charge on any atom is -0.463 e. The summed E-state index contributed by atoms with van der Waals surface area (Å²) in [5.74, 6) is -0.283. The van der Waals surface area contributed by atoms with Crippen LogP contribution < -0.4 is 0 Å². The van der Waals surface area contributed by atoms with Gasteiger partial charge in [-0.2, -0.15) is 5.26 Å². The second-order valence-electron chi connectivity index (χ2n) is 4.16. The van der Waals surface area contributed by atoms with Gasteiger partial charge in [-0.05, 0) is 6.07 Å². The van der Waals surface area contributed by atoms with Gasteiger partial charge in [0.1, 0.15) is 6.33 Å². The first kappa shape index (κ1) is 12.7. The number of para-hydroxylation sites is 1. The summed E-state index contributed by atoms with van der Waals surface area (Å²) >= 11 is 0. The zero-order chi connectivity index (χ0) is 14.8. The van der Waals surface area contributed by atoms with Crippen LogP contribution in [-0.2, 0) is 4.74 Å². The third-order valence-corrected chi connectivity index (χ3v) is 2.92. The molecule has 2 heterocycles. The minimum atomic E-state index is -0.630. The molecule has 102 valence electrons. The SMILES string of the molecule is COC(=O)c1ncn(-c2cc(C#N)c3ccccc3n2)n1. The molecule has 0 N–H and O–H groups in total. The van der Waals surface area contributed by atoms with Gasteiger partial charge in [0.15, 0.2) is 5.82 Å². The highest BCUT2D eigenvalue weighted by atomic mass is 16.5. The van der Waals surface area contributed by atoms with Crippen molar-refractivity contribution in [2.24, 2.45) is 0 Å². The number of carbonyl (C=O) groups is 1. The zero-order valence-corrected chi connectivity index (χ0v) is 11.0. The molecule has 0 fully saturated rings. The van der Waals surface area contributed by atoms with Crippen LogP contribution in [0.25, 0.3) is 16.7 Å². The van der Waals surface area contributed by atoms with E-state index in [4.69, 9.17) is 0 Å². The number of aromatic nitrogens is 4. The number of carbonyl (C=O) groups excluding carboxylic acids is 1. The van der Waals surface area contributed by atoms with E-state index in [0.29, 0.717) is 16.9 Å². The Balaban J connectivity index is 2.15. The van der Waals surface area contributed by atoms with Crippen molar-refractivity contribution < 1.29 is 9.53 Å². The van der Waals surface area contributed by atoms with E-state index < -0.39 is 5.97 Å². The maximum atomic E-state index is 11.4. The predicted molar refractivity (Wildman–Crippen MR) is 72.7 cm³/mol. The summed E-state index contributed by atoms with van der Waals surface area (Å²) in [5.41, 5.74) is 1.15. The molecule has 0 unspecified atom stereocenters. The lowest BCUT2D eigenvalue weighted by Crippen LogP contribution is -2.06. The van der Waals surface area contributed by atoms with Crippen LogP contribution >= 0.6 is 0 Å². The lowest BCUT2D eigenvalue weighted by molar-refractivity contribution is 0.0587. The van der Waals surface area contributed by atoms with Crippen LogP contribution in [0, 0.1) is 11.3 Å². The topological polar surface area (TPSA) is 93.7 Å². The number of esters is 1. The Morgan fingerprint density at radius 2 is 2.19 bits per heavy atom. The van der Waals surface area contributed by atoms with Crippen LogP contribution in [0.2, 0.25) is 0 Å². The van der Waals surface area contributed by atoms with Crippen LogP contribution in [0.1, 0.15) is 16.2 Å². The van der Waals surface area contributed by atoms with Gasteiger partial charge in [-0.15, -0.1) is 5.10 Å². The van der Waals surface area contributed by atoms with E-state index in [1.54, 1.807) is 12.1 Å². The molecule has 0 saturated heterocycles. The molecule has 0 aliphatic carbocycles. The molecule has 0 aliphatic heterocycles. The van der Waals surface area contributed by atoms with E-state index in [2.05, 4.69) is 25.9 Å². The predicted octanol–water partition coefficient (Wildman–Crippen LogP) is 1.47. The summed E-state index contributed by atoms with van der Waals surface area (Å²) < 4.78 is 5.88. The van der Waals surface area contributed by atoms with Crippen LogP contribution in [-0.4, -0.2) is 32.8 Å². The lowest BCUT2D eigenvalue weighted by atomic mass is 10.1. The summed E-state index contributed by atoms with van der Waals surface area (Å²) in [4.78, 5) is 19.6. The second kappa shape index (κ2) is 5.02. The number of hydrogen-bond donors (Lipinski definition) is 0. The number of hydrogen-bond acceptors (Lipinski definition) is 6. The van der Waals surface area contributed by atoms with Crippen LogP contribution in [0.3, 0.4) is 0 Å². The number of benzene rings is 1. The van der Waals surface area contributed by atoms with E-state index in [1.165, 1.54) is 18.1 Å². The molecule has 0 bridgehead atoms. The molecule has 7 heteroatoms. The Bertz CT molecular complexity index is 878. The Hall–Kier alpha value is -3.27. The Kier molecular flexibility index (Phi) is 3.04. The fraction of sp³-hybridized carbons (Fsp3) is 0.0714. The summed E-state index contributed by atoms with van der Waals surface area (Å²) in [5, 5.41) is 14.0. The fourth-order valence-corrected chi connectivity index (χ4v) is 1.93. The fourth-order valence-electron chi connectivity index (χ4n) is 1.93. The van der Waals surface area contributed by atoms with Gasteiger partial charge < -0.3 is 4.74 Å². The van der Waals surface area contributed by atoms with Gasteiger partial charge in [0, 0.05) is 11.5 Å². The number of rotatable bonds is 2. The average molecular weight is 279 g/mol. The molecule has 21 heavy (non-hydrogen) atoms. The van der Waals surface area contributed by atoms with Gasteiger partial charge in [-0.1, -0.05) is 18.2 Å². The zero-order valence-electron chi connectivity index (χ0n) is 11.0. The molecule has 0 radical (unpaired) electrons. The van der Waals surface area contributed by atoms with Crippen LogP contribution in [0.15, 0.2) is 36.7 Å². The van der Waals surface area contributed by atoms with E-state index in [9.17, 15) is 10.1 Å². The number of pyridine rings is 1. The molecular formula is C14H9N5O2. The van der Waals surface area contributed by atoms with Gasteiger partial charge in [0.05, 0.1) is 24.3 Å². The van der Waals surface area contributed by atoms with Crippen molar-refractivity contribution in [2.75, 3.05) is 7.11 Å². The molecule has 0 aliphatic rings. The van der Waals surface area contributed by atoms with Crippen molar-refractivity contribution in [2.45, 2.75) is 0 Å². The lowest BCUT2D eigenvalue weighted by Gasteiger charge is -2.04. The van der Waals surface area contributed by atoms with E-state index in [1.807, 2.05) is 18.2 Å². The number of fused-ring (bicyclic) bond motifs is 1. The number of nitrogens with zero attached hydrogens (tertiary/aromatic N) is 5. The monoisotopic (exact) mass is 279 g/mol. The third kappa shape index (κ3) is 2.19. The Morgan fingerprint density at radius 3 is 2.95 bits per heavy atom. The summed E-state index contributed by atoms with van der Waals surface area (Å²) in [6, 6.07) is 11.0. The first-order chi connectivity index (χ1) is 10.2. The highest BCUT2D eigenvalue weighted by molar-refractivity contribution is 5.86. The summed E-state index contributed by atoms with van der Waals surface area (Å²) in [6.45, 7) is 0. The van der Waals surface area contributed by atoms with Crippen molar-refractivity contribution in [3.63, 3.8) is 0 Å². The van der Waals surface area contributed by atoms with Crippen molar-refractivity contribution in [1.82, 2.24) is 19.7 Å².